The minimum absolute atomic E-state index is 1.18. The summed E-state index contributed by atoms with van der Waals surface area (Å²) in [4.78, 5) is 13.9. The molecule has 12 heavy (non-hydrogen) atoms. The molecule has 0 aromatic rings. The molecule has 70 valence electrons. The van der Waals surface area contributed by atoms with E-state index < -0.39 is 17.7 Å². The van der Waals surface area contributed by atoms with Crippen molar-refractivity contribution in [1.82, 2.24) is 0 Å². The number of ether oxygens (including phenoxy) is 1. The van der Waals surface area contributed by atoms with E-state index in [1.807, 2.05) is 0 Å². The van der Waals surface area contributed by atoms with Crippen LogP contribution in [0.1, 0.15) is 0 Å². The summed E-state index contributed by atoms with van der Waals surface area (Å²) in [5.74, 6) is -5.38. The molecule has 0 spiro atoms. The van der Waals surface area contributed by atoms with Crippen molar-refractivity contribution in [3.63, 3.8) is 0 Å². The minimum atomic E-state index is -2.14. The minimum Gasteiger partial charge on any atom is -0.406 e. The first-order chi connectivity index (χ1) is 5.19. The third-order valence-corrected chi connectivity index (χ3v) is 0.857. The summed E-state index contributed by atoms with van der Waals surface area (Å²) in [6.45, 7) is 2.97. The maximum atomic E-state index is 10.8. The average molecular weight is 176 g/mol. The van der Waals surface area contributed by atoms with E-state index in [-0.39, 0.29) is 0 Å². The smallest absolute Gasteiger partial charge is 0.360 e. The fraction of sp³-hybridized carbons (Fsp3) is 0.500. The summed E-state index contributed by atoms with van der Waals surface area (Å²) in [5.41, 5.74) is 25.0. The first-order valence-electron chi connectivity index (χ1n) is 2.85. The van der Waals surface area contributed by atoms with E-state index >= 15 is 0 Å². The molecule has 0 heterocycles. The quantitative estimate of drug-likeness (QED) is 0.167. The Morgan fingerprint density at radius 3 is 1.92 bits per heavy atom. The maximum absolute atomic E-state index is 10.8. The van der Waals surface area contributed by atoms with Crippen LogP contribution in [0.2, 0.25) is 0 Å². The summed E-state index contributed by atoms with van der Waals surface area (Å²) in [6, 6.07) is 0. The average Bonchev–Trinajstić information content (AvgIpc) is 1.85. The standard InChI is InChI=1S/C4H12N6O2/c1-10-4(8,9)12-2(11)3(5,6)7/h1,5-9H2. The number of nitrogens with zero attached hydrogens (tertiary/aromatic N) is 1. The van der Waals surface area contributed by atoms with Crippen LogP contribution in [0.25, 0.3) is 0 Å². The van der Waals surface area contributed by atoms with Crippen molar-refractivity contribution in [2.24, 2.45) is 33.7 Å². The normalized spacial score (nSPS) is 12.4. The van der Waals surface area contributed by atoms with Gasteiger partial charge in [-0.25, -0.2) is 9.79 Å². The van der Waals surface area contributed by atoms with Crippen LogP contribution in [0.5, 0.6) is 0 Å². The van der Waals surface area contributed by atoms with E-state index in [9.17, 15) is 4.79 Å². The second-order valence-electron chi connectivity index (χ2n) is 2.23. The lowest BCUT2D eigenvalue weighted by molar-refractivity contribution is -0.164. The lowest BCUT2D eigenvalue weighted by Gasteiger charge is -2.23. The zero-order valence-corrected chi connectivity index (χ0v) is 6.36. The maximum Gasteiger partial charge on any atom is 0.360 e. The van der Waals surface area contributed by atoms with Gasteiger partial charge in [0.05, 0.1) is 0 Å². The molecule has 0 aliphatic carbocycles. The van der Waals surface area contributed by atoms with Gasteiger partial charge in [-0.3, -0.25) is 28.7 Å². The highest BCUT2D eigenvalue weighted by molar-refractivity contribution is 5.79. The SMILES string of the molecule is C=NC(N)(N)OC(=O)C(N)(N)N. The summed E-state index contributed by atoms with van der Waals surface area (Å²) < 4.78 is 4.26. The zero-order valence-electron chi connectivity index (χ0n) is 6.36. The van der Waals surface area contributed by atoms with Crippen LogP contribution in [-0.4, -0.2) is 24.4 Å². The van der Waals surface area contributed by atoms with Crippen molar-refractivity contribution in [2.75, 3.05) is 0 Å². The number of nitrogens with two attached hydrogens (primary N) is 5. The van der Waals surface area contributed by atoms with E-state index in [1.165, 1.54) is 0 Å². The van der Waals surface area contributed by atoms with Crippen LogP contribution < -0.4 is 28.7 Å². The van der Waals surface area contributed by atoms with Crippen molar-refractivity contribution in [3.8, 4) is 0 Å². The van der Waals surface area contributed by atoms with Crippen LogP contribution >= 0.6 is 0 Å². The third-order valence-electron chi connectivity index (χ3n) is 0.857. The van der Waals surface area contributed by atoms with Crippen molar-refractivity contribution >= 4 is 12.7 Å². The Morgan fingerprint density at radius 1 is 1.25 bits per heavy atom. The predicted octanol–water partition coefficient (Wildman–Crippen LogP) is -3.71. The van der Waals surface area contributed by atoms with Crippen molar-refractivity contribution in [2.45, 2.75) is 11.8 Å². The number of esters is 1. The van der Waals surface area contributed by atoms with Crippen molar-refractivity contribution in [1.29, 1.82) is 0 Å². The van der Waals surface area contributed by atoms with Gasteiger partial charge in [0.15, 0.2) is 0 Å². The van der Waals surface area contributed by atoms with Crippen molar-refractivity contribution < 1.29 is 9.53 Å². The molecule has 0 unspecified atom stereocenters. The molecule has 0 aliphatic heterocycles. The molecular weight excluding hydrogens is 164 g/mol. The van der Waals surface area contributed by atoms with Gasteiger partial charge in [-0.15, -0.1) is 0 Å². The van der Waals surface area contributed by atoms with Gasteiger partial charge in [-0.1, -0.05) is 0 Å². The van der Waals surface area contributed by atoms with Crippen LogP contribution in [0, 0.1) is 0 Å². The van der Waals surface area contributed by atoms with Gasteiger partial charge in [-0.05, 0) is 6.72 Å². The van der Waals surface area contributed by atoms with Gasteiger partial charge in [0.2, 0.25) is 5.79 Å². The molecule has 0 bridgehead atoms. The Bertz CT molecular complexity index is 194. The Kier molecular flexibility index (Phi) is 2.85. The lowest BCUT2D eigenvalue weighted by Crippen LogP contribution is -2.67. The van der Waals surface area contributed by atoms with Crippen molar-refractivity contribution in [3.05, 3.63) is 0 Å². The molecule has 0 aromatic carbocycles. The number of hydrogen-bond acceptors (Lipinski definition) is 8. The summed E-state index contributed by atoms with van der Waals surface area (Å²) in [5, 5.41) is 0. The third kappa shape index (κ3) is 3.37. The highest BCUT2D eigenvalue weighted by Gasteiger charge is 2.32. The first kappa shape index (κ1) is 10.9. The first-order valence-corrected chi connectivity index (χ1v) is 2.85. The molecule has 0 fully saturated rings. The molecule has 8 nitrogen and oxygen atoms in total. The topological polar surface area (TPSA) is 169 Å². The Morgan fingerprint density at radius 2 is 1.67 bits per heavy atom. The second-order valence-corrected chi connectivity index (χ2v) is 2.23. The number of aliphatic imine (C=N–C) groups is 1. The number of rotatable bonds is 3. The summed E-state index contributed by atoms with van der Waals surface area (Å²) in [6.07, 6.45) is 0. The molecular formula is C4H12N6O2. The fourth-order valence-electron chi connectivity index (χ4n) is 0.269. The van der Waals surface area contributed by atoms with E-state index in [1.54, 1.807) is 0 Å². The predicted molar refractivity (Wildman–Crippen MR) is 42.0 cm³/mol. The van der Waals surface area contributed by atoms with Gasteiger partial charge in [0.1, 0.15) is 0 Å². The van der Waals surface area contributed by atoms with E-state index in [0.29, 0.717) is 0 Å². The number of hydrogen-bond donors (Lipinski definition) is 5. The molecule has 0 saturated heterocycles. The highest BCUT2D eigenvalue weighted by atomic mass is 16.6. The van der Waals surface area contributed by atoms with Gasteiger partial charge in [0, 0.05) is 0 Å². The lowest BCUT2D eigenvalue weighted by atomic mass is 10.4. The van der Waals surface area contributed by atoms with Gasteiger partial charge in [0.25, 0.3) is 0 Å². The monoisotopic (exact) mass is 176 g/mol. The molecule has 0 atom stereocenters. The Hall–Kier alpha value is -1.06. The molecule has 0 radical (unpaired) electrons. The molecule has 0 amide bonds. The Balaban J connectivity index is 4.29. The fourth-order valence-corrected chi connectivity index (χ4v) is 0.269. The molecule has 0 saturated carbocycles. The van der Waals surface area contributed by atoms with E-state index in [4.69, 9.17) is 28.7 Å². The summed E-state index contributed by atoms with van der Waals surface area (Å²) >= 11 is 0. The van der Waals surface area contributed by atoms with E-state index in [0.717, 1.165) is 0 Å². The zero-order chi connectivity index (χ0) is 9.99. The molecule has 0 aliphatic rings. The molecule has 8 heteroatoms. The highest BCUT2D eigenvalue weighted by Crippen LogP contribution is 1.97. The van der Waals surface area contributed by atoms with Gasteiger partial charge in [-0.2, -0.15) is 0 Å². The van der Waals surface area contributed by atoms with Gasteiger partial charge >= 0.3 is 11.9 Å². The Labute approximate surface area is 68.7 Å². The molecule has 0 aromatic heterocycles. The van der Waals surface area contributed by atoms with Crippen LogP contribution in [0.15, 0.2) is 4.99 Å². The summed E-state index contributed by atoms with van der Waals surface area (Å²) in [7, 11) is 0. The molecule has 0 rings (SSSR count). The van der Waals surface area contributed by atoms with Crippen LogP contribution in [0.3, 0.4) is 0 Å². The van der Waals surface area contributed by atoms with E-state index in [2.05, 4.69) is 16.4 Å². The largest absolute Gasteiger partial charge is 0.406 e. The number of carbonyl (C=O) groups is 1. The van der Waals surface area contributed by atoms with Gasteiger partial charge < -0.3 is 4.74 Å². The number of carbonyl (C=O) groups excluding carboxylic acids is 1. The second kappa shape index (κ2) is 3.13. The molecule has 10 N–H and O–H groups in total. The van der Waals surface area contributed by atoms with Crippen LogP contribution in [0.4, 0.5) is 0 Å². The van der Waals surface area contributed by atoms with Crippen LogP contribution in [-0.2, 0) is 9.53 Å².